The molecule has 0 bridgehead atoms. The highest BCUT2D eigenvalue weighted by molar-refractivity contribution is 5.93. The molecule has 78 valence electrons. The van der Waals surface area contributed by atoms with Crippen LogP contribution in [0.15, 0.2) is 0 Å². The second-order valence-electron chi connectivity index (χ2n) is 2.87. The quantitative estimate of drug-likeness (QED) is 0.637. The first-order chi connectivity index (χ1) is 5.40. The topological polar surface area (TPSA) is 17.1 Å². The fraction of sp³-hybridized carbons (Fsp3) is 0.833. The minimum atomic E-state index is -6.05. The van der Waals surface area contributed by atoms with Gasteiger partial charge in [-0.1, -0.05) is 0 Å². The summed E-state index contributed by atoms with van der Waals surface area (Å²) in [7, 11) is 0. The van der Waals surface area contributed by atoms with E-state index in [0.717, 1.165) is 0 Å². The van der Waals surface area contributed by atoms with Crippen LogP contribution < -0.4 is 0 Å². The molecule has 0 aromatic carbocycles. The maximum atomic E-state index is 12.5. The highest BCUT2D eigenvalue weighted by Gasteiger charge is 2.66. The highest BCUT2D eigenvalue weighted by atomic mass is 19.4. The Morgan fingerprint density at radius 2 is 1.23 bits per heavy atom. The minimum Gasteiger partial charge on any atom is -0.289 e. The van der Waals surface area contributed by atoms with Gasteiger partial charge in [-0.15, -0.1) is 0 Å². The van der Waals surface area contributed by atoms with E-state index in [4.69, 9.17) is 0 Å². The van der Waals surface area contributed by atoms with Crippen LogP contribution in [-0.4, -0.2) is 23.6 Å². The van der Waals surface area contributed by atoms with Gasteiger partial charge < -0.3 is 0 Å². The van der Waals surface area contributed by atoms with Crippen LogP contribution >= 0.6 is 0 Å². The Balaban J connectivity index is 4.98. The third kappa shape index (κ3) is 2.35. The normalized spacial score (nSPS) is 14.5. The lowest BCUT2D eigenvalue weighted by molar-refractivity contribution is -0.272. The molecule has 0 saturated heterocycles. The summed E-state index contributed by atoms with van der Waals surface area (Å²) < 4.78 is 71.1. The summed E-state index contributed by atoms with van der Waals surface area (Å²) in [4.78, 5) is 10.3. The summed E-state index contributed by atoms with van der Waals surface area (Å²) in [6, 6.07) is 0. The Hall–Kier alpha value is -0.750. The van der Waals surface area contributed by atoms with Gasteiger partial charge in [-0.25, -0.2) is 4.39 Å². The number of Topliss-reactive ketones (excluding diaryl/α,β-unsaturated/α-hetero) is 1. The van der Waals surface area contributed by atoms with E-state index in [1.807, 2.05) is 0 Å². The van der Waals surface area contributed by atoms with E-state index in [-0.39, 0.29) is 0 Å². The van der Waals surface area contributed by atoms with Gasteiger partial charge in [-0.2, -0.15) is 22.0 Å². The summed E-state index contributed by atoms with van der Waals surface area (Å²) in [5.74, 6) is -8.42. The lowest BCUT2D eigenvalue weighted by atomic mass is 10.00. The van der Waals surface area contributed by atoms with Crippen LogP contribution in [0.3, 0.4) is 0 Å². The number of alkyl halides is 6. The van der Waals surface area contributed by atoms with E-state index < -0.39 is 23.6 Å². The van der Waals surface area contributed by atoms with Gasteiger partial charge in [-0.05, 0) is 13.8 Å². The lowest BCUT2D eigenvalue weighted by Crippen LogP contribution is -2.51. The molecule has 1 nitrogen and oxygen atoms in total. The SMILES string of the molecule is CC(C)(F)C(=O)C(F)(F)C(F)(F)F. The van der Waals surface area contributed by atoms with Gasteiger partial charge in [-0.3, -0.25) is 4.79 Å². The molecule has 0 saturated carbocycles. The first-order valence-electron chi connectivity index (χ1n) is 3.09. The Kier molecular flexibility index (Phi) is 2.72. The summed E-state index contributed by atoms with van der Waals surface area (Å²) in [5.41, 5.74) is -3.21. The molecule has 0 amide bonds. The zero-order valence-corrected chi connectivity index (χ0v) is 6.68. The number of carbonyl (C=O) groups is 1. The van der Waals surface area contributed by atoms with Crippen molar-refractivity contribution in [1.82, 2.24) is 0 Å². The number of halogens is 6. The van der Waals surface area contributed by atoms with Crippen LogP contribution in [0.4, 0.5) is 26.3 Å². The molecule has 7 heteroatoms. The fourth-order valence-electron chi connectivity index (χ4n) is 0.502. The predicted molar refractivity (Wildman–Crippen MR) is 31.2 cm³/mol. The first-order valence-corrected chi connectivity index (χ1v) is 3.09. The molecule has 0 fully saturated rings. The standard InChI is InChI=1S/C6H6F6O/c1-4(2,7)3(13)5(8,9)6(10,11)12/h1-2H3. The van der Waals surface area contributed by atoms with E-state index in [0.29, 0.717) is 13.8 Å². The second kappa shape index (κ2) is 2.88. The van der Waals surface area contributed by atoms with Gasteiger partial charge in [0, 0.05) is 0 Å². The molecular weight excluding hydrogens is 202 g/mol. The van der Waals surface area contributed by atoms with E-state index in [1.165, 1.54) is 0 Å². The maximum Gasteiger partial charge on any atom is 0.461 e. The van der Waals surface area contributed by atoms with Crippen molar-refractivity contribution in [2.45, 2.75) is 31.6 Å². The minimum absolute atomic E-state index is 0.342. The Labute approximate surface area is 69.7 Å². The predicted octanol–water partition coefficient (Wildman–Crippen LogP) is 2.50. The first kappa shape index (κ1) is 12.2. The van der Waals surface area contributed by atoms with Crippen LogP contribution in [0.25, 0.3) is 0 Å². The number of hydrogen-bond acceptors (Lipinski definition) is 1. The van der Waals surface area contributed by atoms with Crippen molar-refractivity contribution in [3.63, 3.8) is 0 Å². The Morgan fingerprint density at radius 1 is 0.923 bits per heavy atom. The molecule has 0 heterocycles. The van der Waals surface area contributed by atoms with E-state index in [9.17, 15) is 31.1 Å². The highest BCUT2D eigenvalue weighted by Crippen LogP contribution is 2.39. The summed E-state index contributed by atoms with van der Waals surface area (Å²) in [5, 5.41) is 0. The van der Waals surface area contributed by atoms with Gasteiger partial charge >= 0.3 is 12.1 Å². The number of ketones is 1. The number of rotatable bonds is 2. The van der Waals surface area contributed by atoms with Crippen molar-refractivity contribution < 1.29 is 31.1 Å². The summed E-state index contributed by atoms with van der Waals surface area (Å²) in [6.45, 7) is 0.684. The Bertz CT molecular complexity index is 210. The monoisotopic (exact) mass is 208 g/mol. The third-order valence-electron chi connectivity index (χ3n) is 1.18. The molecule has 0 unspecified atom stereocenters. The largest absolute Gasteiger partial charge is 0.461 e. The van der Waals surface area contributed by atoms with Gasteiger partial charge in [0.1, 0.15) is 0 Å². The van der Waals surface area contributed by atoms with Crippen molar-refractivity contribution in [3.8, 4) is 0 Å². The van der Waals surface area contributed by atoms with E-state index >= 15 is 0 Å². The Morgan fingerprint density at radius 3 is 1.31 bits per heavy atom. The zero-order valence-electron chi connectivity index (χ0n) is 6.68. The molecule has 0 aromatic rings. The van der Waals surface area contributed by atoms with Crippen LogP contribution in [-0.2, 0) is 4.79 Å². The zero-order chi connectivity index (χ0) is 11.1. The van der Waals surface area contributed by atoms with E-state index in [1.54, 1.807) is 0 Å². The molecular formula is C6H6F6O. The average molecular weight is 208 g/mol. The van der Waals surface area contributed by atoms with Crippen molar-refractivity contribution in [2.75, 3.05) is 0 Å². The second-order valence-corrected chi connectivity index (χ2v) is 2.87. The molecule has 0 aliphatic heterocycles. The number of carbonyl (C=O) groups excluding carboxylic acids is 1. The van der Waals surface area contributed by atoms with Crippen LogP contribution in [0, 0.1) is 0 Å². The van der Waals surface area contributed by atoms with Crippen molar-refractivity contribution in [1.29, 1.82) is 0 Å². The molecule has 0 aliphatic carbocycles. The van der Waals surface area contributed by atoms with Gasteiger partial charge in [0.25, 0.3) is 0 Å². The van der Waals surface area contributed by atoms with Crippen molar-refractivity contribution in [3.05, 3.63) is 0 Å². The van der Waals surface area contributed by atoms with Crippen LogP contribution in [0.1, 0.15) is 13.8 Å². The van der Waals surface area contributed by atoms with Gasteiger partial charge in [0.05, 0.1) is 0 Å². The fourth-order valence-corrected chi connectivity index (χ4v) is 0.502. The van der Waals surface area contributed by atoms with Crippen molar-refractivity contribution >= 4 is 5.78 Å². The molecule has 0 aromatic heterocycles. The van der Waals surface area contributed by atoms with Gasteiger partial charge in [0.15, 0.2) is 5.67 Å². The average Bonchev–Trinajstić information content (AvgIpc) is 1.81. The molecule has 0 rings (SSSR count). The lowest BCUT2D eigenvalue weighted by Gasteiger charge is -2.22. The molecule has 0 N–H and O–H groups in total. The molecule has 0 radical (unpaired) electrons. The molecule has 0 atom stereocenters. The van der Waals surface area contributed by atoms with Gasteiger partial charge in [0.2, 0.25) is 5.78 Å². The summed E-state index contributed by atoms with van der Waals surface area (Å²) >= 11 is 0. The summed E-state index contributed by atoms with van der Waals surface area (Å²) in [6.07, 6.45) is -6.05. The van der Waals surface area contributed by atoms with Crippen molar-refractivity contribution in [2.24, 2.45) is 0 Å². The molecule has 13 heavy (non-hydrogen) atoms. The van der Waals surface area contributed by atoms with Crippen LogP contribution in [0.2, 0.25) is 0 Å². The smallest absolute Gasteiger partial charge is 0.289 e. The van der Waals surface area contributed by atoms with E-state index in [2.05, 4.69) is 0 Å². The maximum absolute atomic E-state index is 12.5. The number of hydrogen-bond donors (Lipinski definition) is 0. The van der Waals surface area contributed by atoms with Crippen LogP contribution in [0.5, 0.6) is 0 Å². The molecule has 0 spiro atoms. The third-order valence-corrected chi connectivity index (χ3v) is 1.18. The molecule has 0 aliphatic rings.